The number of aromatic nitrogens is 1. The number of aliphatic hydroxyl groups excluding tert-OH is 1. The number of ketones is 1. The molecule has 0 amide bonds. The summed E-state index contributed by atoms with van der Waals surface area (Å²) in [4.78, 5) is 30.3. The third kappa shape index (κ3) is 8.04. The summed E-state index contributed by atoms with van der Waals surface area (Å²) in [7, 11) is 0. The van der Waals surface area contributed by atoms with Crippen LogP contribution in [0.3, 0.4) is 0 Å². The summed E-state index contributed by atoms with van der Waals surface area (Å²) < 4.78 is 5.88. The van der Waals surface area contributed by atoms with Gasteiger partial charge in [0, 0.05) is 35.5 Å². The van der Waals surface area contributed by atoms with Crippen molar-refractivity contribution in [2.24, 2.45) is 17.3 Å². The normalized spacial score (nSPS) is 30.9. The lowest BCUT2D eigenvalue weighted by Gasteiger charge is -2.30. The maximum Gasteiger partial charge on any atom is 0.306 e. The van der Waals surface area contributed by atoms with E-state index in [0.29, 0.717) is 12.8 Å². The lowest BCUT2D eigenvalue weighted by molar-refractivity contribution is -0.148. The molecule has 4 atom stereocenters. The van der Waals surface area contributed by atoms with E-state index in [4.69, 9.17) is 4.74 Å². The number of hydrogen-bond acceptors (Lipinski definition) is 6. The van der Waals surface area contributed by atoms with Crippen LogP contribution in [-0.2, 0) is 14.3 Å². The average molecular weight is 474 g/mol. The molecule has 2 rings (SSSR count). The van der Waals surface area contributed by atoms with Crippen LogP contribution in [0, 0.1) is 24.2 Å². The van der Waals surface area contributed by atoms with E-state index in [0.717, 1.165) is 28.3 Å². The molecular weight excluding hydrogens is 434 g/mol. The van der Waals surface area contributed by atoms with Gasteiger partial charge in [-0.15, -0.1) is 11.3 Å². The Kier molecular flexibility index (Phi) is 9.80. The number of Topliss-reactive ketones (excluding diaryl/α,β-unsaturated/α-hetero) is 1. The molecule has 0 aromatic carbocycles. The van der Waals surface area contributed by atoms with Gasteiger partial charge in [0.15, 0.2) is 0 Å². The maximum atomic E-state index is 13.1. The van der Waals surface area contributed by atoms with Crippen molar-refractivity contribution in [1.82, 2.24) is 4.98 Å². The van der Waals surface area contributed by atoms with Crippen molar-refractivity contribution >= 4 is 29.2 Å². The Morgan fingerprint density at radius 1 is 1.27 bits per heavy atom. The first-order valence-electron chi connectivity index (χ1n) is 11.7. The number of carbonyl (C=O) groups is 2. The van der Waals surface area contributed by atoms with Gasteiger partial charge in [-0.05, 0) is 45.3 Å². The summed E-state index contributed by atoms with van der Waals surface area (Å²) >= 11 is 1.59. The van der Waals surface area contributed by atoms with Crippen molar-refractivity contribution in [3.05, 3.63) is 45.5 Å². The van der Waals surface area contributed by atoms with E-state index in [2.05, 4.69) is 11.1 Å². The van der Waals surface area contributed by atoms with Crippen LogP contribution < -0.4 is 0 Å². The van der Waals surface area contributed by atoms with E-state index in [-0.39, 0.29) is 30.2 Å². The minimum absolute atomic E-state index is 0.0299. The standard InChI is InChI=1S/C27H39NO4S/c1-17-9-8-10-18(2)25(30)20(4)26(31)27(6,7)14-13-24(29)32-23(12-11-17)19(3)15-22-16-33-21(5)28-22/h8,10-11,15-16,18,20,23,25,30H,9,12-14H2,1-7H3/b10-8+,17-11-,19-15+/t18-,20+,23-,25-/m0/s1. The lowest BCUT2D eigenvalue weighted by Crippen LogP contribution is -2.38. The van der Waals surface area contributed by atoms with Crippen molar-refractivity contribution in [3.63, 3.8) is 0 Å². The summed E-state index contributed by atoms with van der Waals surface area (Å²) in [5.41, 5.74) is 2.24. The van der Waals surface area contributed by atoms with Crippen LogP contribution in [0.5, 0.6) is 0 Å². The molecule has 0 aliphatic carbocycles. The Hall–Kier alpha value is -2.05. The number of nitrogens with zero attached hydrogens (tertiary/aromatic N) is 1. The smallest absolute Gasteiger partial charge is 0.306 e. The van der Waals surface area contributed by atoms with Gasteiger partial charge in [-0.1, -0.05) is 51.5 Å². The molecule has 2 heterocycles. The summed E-state index contributed by atoms with van der Waals surface area (Å²) in [6.07, 6.45) is 8.80. The van der Waals surface area contributed by atoms with Crippen molar-refractivity contribution in [3.8, 4) is 0 Å². The molecule has 0 spiro atoms. The van der Waals surface area contributed by atoms with Gasteiger partial charge < -0.3 is 9.84 Å². The highest BCUT2D eigenvalue weighted by Crippen LogP contribution is 2.31. The Morgan fingerprint density at radius 3 is 2.61 bits per heavy atom. The second kappa shape index (κ2) is 11.9. The first-order valence-corrected chi connectivity index (χ1v) is 12.6. The van der Waals surface area contributed by atoms with Crippen molar-refractivity contribution < 1.29 is 19.4 Å². The largest absolute Gasteiger partial charge is 0.457 e. The highest BCUT2D eigenvalue weighted by Gasteiger charge is 2.36. The zero-order valence-corrected chi connectivity index (χ0v) is 21.9. The van der Waals surface area contributed by atoms with Crippen LogP contribution in [0.1, 0.15) is 77.9 Å². The second-order valence-electron chi connectivity index (χ2n) is 9.96. The summed E-state index contributed by atoms with van der Waals surface area (Å²) in [6.45, 7) is 13.4. The number of thiazole rings is 1. The van der Waals surface area contributed by atoms with E-state index >= 15 is 0 Å². The van der Waals surface area contributed by atoms with Gasteiger partial charge in [0.2, 0.25) is 0 Å². The first-order chi connectivity index (χ1) is 15.4. The molecule has 33 heavy (non-hydrogen) atoms. The van der Waals surface area contributed by atoms with Crippen LogP contribution in [0.15, 0.2) is 34.8 Å². The molecule has 0 unspecified atom stereocenters. The first kappa shape index (κ1) is 27.2. The fourth-order valence-corrected chi connectivity index (χ4v) is 4.63. The zero-order chi connectivity index (χ0) is 24.8. The number of cyclic esters (lactones) is 1. The van der Waals surface area contributed by atoms with E-state index in [9.17, 15) is 14.7 Å². The average Bonchev–Trinajstić information content (AvgIpc) is 3.17. The lowest BCUT2D eigenvalue weighted by atomic mass is 9.75. The molecular formula is C27H39NO4S. The molecule has 5 nitrogen and oxygen atoms in total. The van der Waals surface area contributed by atoms with E-state index in [1.807, 2.05) is 65.2 Å². The SMILES string of the molecule is C/C1=C/C[C@@H](/C(C)=C/c2csc(C)n2)OC(=O)CCC(C)(C)C(=O)[C@H](C)[C@@H](O)[C@@H](C)/C=C/C1. The molecule has 1 aromatic heterocycles. The second-order valence-corrected chi connectivity index (χ2v) is 11.0. The Balaban J connectivity index is 2.31. The van der Waals surface area contributed by atoms with Gasteiger partial charge in [0.25, 0.3) is 0 Å². The van der Waals surface area contributed by atoms with E-state index in [1.54, 1.807) is 18.3 Å². The molecule has 182 valence electrons. The summed E-state index contributed by atoms with van der Waals surface area (Å²) in [5, 5.41) is 13.7. The molecule has 1 aliphatic rings. The predicted octanol–water partition coefficient (Wildman–Crippen LogP) is 6.07. The number of aliphatic hydroxyl groups is 1. The van der Waals surface area contributed by atoms with Gasteiger partial charge in [-0.2, -0.15) is 0 Å². The molecule has 0 fully saturated rings. The third-order valence-electron chi connectivity index (χ3n) is 6.44. The van der Waals surface area contributed by atoms with Crippen molar-refractivity contribution in [1.29, 1.82) is 0 Å². The number of rotatable bonds is 2. The van der Waals surface area contributed by atoms with Gasteiger partial charge in [0.05, 0.1) is 16.8 Å². The van der Waals surface area contributed by atoms with Gasteiger partial charge in [-0.3, -0.25) is 9.59 Å². The number of allylic oxidation sites excluding steroid dienone is 2. The fourth-order valence-electron chi connectivity index (χ4n) is 4.06. The molecule has 0 bridgehead atoms. The number of hydrogen-bond donors (Lipinski definition) is 1. The van der Waals surface area contributed by atoms with Crippen LogP contribution in [-0.4, -0.2) is 34.1 Å². The Labute approximate surface area is 202 Å². The van der Waals surface area contributed by atoms with E-state index in [1.165, 1.54) is 0 Å². The van der Waals surface area contributed by atoms with Crippen molar-refractivity contribution in [2.75, 3.05) is 0 Å². The van der Waals surface area contributed by atoms with Gasteiger partial charge in [-0.25, -0.2) is 4.98 Å². The molecule has 0 saturated carbocycles. The van der Waals surface area contributed by atoms with Crippen LogP contribution in [0.2, 0.25) is 0 Å². The Bertz CT molecular complexity index is 924. The number of carbonyl (C=O) groups excluding carboxylic acids is 2. The maximum absolute atomic E-state index is 13.1. The topological polar surface area (TPSA) is 76.5 Å². The fraction of sp³-hybridized carbons (Fsp3) is 0.593. The minimum Gasteiger partial charge on any atom is -0.457 e. The molecule has 1 N–H and O–H groups in total. The highest BCUT2D eigenvalue weighted by molar-refractivity contribution is 7.09. The quantitative estimate of drug-likeness (QED) is 0.417. The molecule has 6 heteroatoms. The molecule has 1 aromatic rings. The molecule has 0 radical (unpaired) electrons. The number of ether oxygens (including phenoxy) is 1. The molecule has 0 saturated heterocycles. The van der Waals surface area contributed by atoms with Gasteiger partial charge in [0.1, 0.15) is 11.9 Å². The Morgan fingerprint density at radius 2 is 1.97 bits per heavy atom. The number of aryl methyl sites for hydroxylation is 1. The zero-order valence-electron chi connectivity index (χ0n) is 21.1. The molecule has 1 aliphatic heterocycles. The monoisotopic (exact) mass is 473 g/mol. The van der Waals surface area contributed by atoms with Crippen molar-refractivity contribution in [2.45, 2.75) is 86.4 Å². The van der Waals surface area contributed by atoms with E-state index < -0.39 is 17.4 Å². The summed E-state index contributed by atoms with van der Waals surface area (Å²) in [6, 6.07) is 0. The number of esters is 1. The highest BCUT2D eigenvalue weighted by atomic mass is 32.1. The van der Waals surface area contributed by atoms with Crippen LogP contribution in [0.4, 0.5) is 0 Å². The van der Waals surface area contributed by atoms with Crippen LogP contribution in [0.25, 0.3) is 6.08 Å². The minimum atomic E-state index is -0.760. The van der Waals surface area contributed by atoms with Crippen LogP contribution >= 0.6 is 11.3 Å². The third-order valence-corrected chi connectivity index (χ3v) is 7.23. The predicted molar refractivity (Wildman–Crippen MR) is 135 cm³/mol. The van der Waals surface area contributed by atoms with Gasteiger partial charge >= 0.3 is 5.97 Å². The summed E-state index contributed by atoms with van der Waals surface area (Å²) in [5.74, 6) is -0.995.